The van der Waals surface area contributed by atoms with Crippen LogP contribution in [-0.4, -0.2) is 25.0 Å². The number of alkyl halides is 3. The zero-order valence-electron chi connectivity index (χ0n) is 11.0. The van der Waals surface area contributed by atoms with Crippen molar-refractivity contribution >= 4 is 23.1 Å². The Labute approximate surface area is 120 Å². The van der Waals surface area contributed by atoms with Gasteiger partial charge in [-0.2, -0.15) is 13.2 Å². The molecule has 0 atom stereocenters. The predicted octanol–water partition coefficient (Wildman–Crippen LogP) is 4.32. The Morgan fingerprint density at radius 1 is 1.30 bits per heavy atom. The van der Waals surface area contributed by atoms with Crippen molar-refractivity contribution in [1.82, 2.24) is 0 Å². The summed E-state index contributed by atoms with van der Waals surface area (Å²) in [5.74, 6) is -1.34. The van der Waals surface area contributed by atoms with Crippen molar-refractivity contribution in [3.8, 4) is 0 Å². The topological polar surface area (TPSA) is 20.3 Å². The van der Waals surface area contributed by atoms with Crippen LogP contribution in [0.1, 0.15) is 30.1 Å². The van der Waals surface area contributed by atoms with Gasteiger partial charge in [0.05, 0.1) is 10.9 Å². The van der Waals surface area contributed by atoms with Gasteiger partial charge in [0.15, 0.2) is 5.78 Å². The average Bonchev–Trinajstić information content (AvgIpc) is 2.37. The van der Waals surface area contributed by atoms with E-state index >= 15 is 0 Å². The van der Waals surface area contributed by atoms with Gasteiger partial charge in [0, 0.05) is 24.3 Å². The summed E-state index contributed by atoms with van der Waals surface area (Å²) in [4.78, 5) is 13.2. The second-order valence-electron chi connectivity index (χ2n) is 5.02. The summed E-state index contributed by atoms with van der Waals surface area (Å²) < 4.78 is 37.8. The summed E-state index contributed by atoms with van der Waals surface area (Å²) in [6, 6.07) is 5.00. The third kappa shape index (κ3) is 3.26. The highest BCUT2D eigenvalue weighted by molar-refractivity contribution is 6.34. The fourth-order valence-electron chi connectivity index (χ4n) is 2.45. The molecule has 0 saturated carbocycles. The smallest absolute Gasteiger partial charge is 0.371 e. The SMILES string of the molecule is CC(=O)c1ccc(N2CCC(C(F)(F)F)CC2)cc1Cl. The summed E-state index contributed by atoms with van der Waals surface area (Å²) in [7, 11) is 0. The number of halogens is 4. The van der Waals surface area contributed by atoms with E-state index in [2.05, 4.69) is 0 Å². The molecule has 110 valence electrons. The van der Waals surface area contributed by atoms with E-state index in [0.717, 1.165) is 5.69 Å². The third-order valence-corrected chi connectivity index (χ3v) is 3.97. The van der Waals surface area contributed by atoms with Crippen molar-refractivity contribution in [1.29, 1.82) is 0 Å². The van der Waals surface area contributed by atoms with Gasteiger partial charge >= 0.3 is 6.18 Å². The second-order valence-corrected chi connectivity index (χ2v) is 5.43. The highest BCUT2D eigenvalue weighted by Crippen LogP contribution is 2.36. The number of rotatable bonds is 2. The molecule has 1 heterocycles. The summed E-state index contributed by atoms with van der Waals surface area (Å²) in [6.07, 6.45) is -3.92. The van der Waals surface area contributed by atoms with Crippen LogP contribution in [-0.2, 0) is 0 Å². The molecule has 0 amide bonds. The first-order chi connectivity index (χ1) is 9.29. The Kier molecular flexibility index (Phi) is 4.28. The van der Waals surface area contributed by atoms with E-state index < -0.39 is 12.1 Å². The Hall–Kier alpha value is -1.23. The van der Waals surface area contributed by atoms with E-state index in [0.29, 0.717) is 23.7 Å². The molecule has 6 heteroatoms. The summed E-state index contributed by atoms with van der Waals surface area (Å²) in [5.41, 5.74) is 1.20. The number of benzene rings is 1. The molecule has 0 aromatic heterocycles. The van der Waals surface area contributed by atoms with Gasteiger partial charge in [-0.1, -0.05) is 11.6 Å². The second kappa shape index (κ2) is 5.64. The molecule has 1 aliphatic rings. The van der Waals surface area contributed by atoms with E-state index in [-0.39, 0.29) is 18.6 Å². The first-order valence-electron chi connectivity index (χ1n) is 6.41. The van der Waals surface area contributed by atoms with Crippen LogP contribution in [0.15, 0.2) is 18.2 Å². The van der Waals surface area contributed by atoms with E-state index in [1.807, 2.05) is 4.90 Å². The lowest BCUT2D eigenvalue weighted by Crippen LogP contribution is -2.39. The van der Waals surface area contributed by atoms with Gasteiger partial charge in [-0.15, -0.1) is 0 Å². The zero-order valence-corrected chi connectivity index (χ0v) is 11.8. The fraction of sp³-hybridized carbons (Fsp3) is 0.500. The molecule has 1 fully saturated rings. The number of hydrogen-bond acceptors (Lipinski definition) is 2. The molecule has 1 aromatic carbocycles. The van der Waals surface area contributed by atoms with Crippen LogP contribution in [0.3, 0.4) is 0 Å². The lowest BCUT2D eigenvalue weighted by Gasteiger charge is -2.34. The molecular formula is C14H15ClF3NO. The number of carbonyl (C=O) groups excluding carboxylic acids is 1. The number of piperidine rings is 1. The maximum Gasteiger partial charge on any atom is 0.391 e. The molecule has 0 N–H and O–H groups in total. The third-order valence-electron chi connectivity index (χ3n) is 3.65. The highest BCUT2D eigenvalue weighted by atomic mass is 35.5. The van der Waals surface area contributed by atoms with Crippen LogP contribution >= 0.6 is 11.6 Å². The van der Waals surface area contributed by atoms with Crippen molar-refractivity contribution in [2.75, 3.05) is 18.0 Å². The van der Waals surface area contributed by atoms with Crippen molar-refractivity contribution < 1.29 is 18.0 Å². The Bertz CT molecular complexity index is 508. The normalized spacial score (nSPS) is 17.4. The largest absolute Gasteiger partial charge is 0.391 e. The van der Waals surface area contributed by atoms with Crippen LogP contribution in [0.25, 0.3) is 0 Å². The van der Waals surface area contributed by atoms with Crippen molar-refractivity contribution in [2.45, 2.75) is 25.9 Å². The van der Waals surface area contributed by atoms with Crippen LogP contribution < -0.4 is 4.90 Å². The van der Waals surface area contributed by atoms with Crippen LogP contribution in [0.2, 0.25) is 5.02 Å². The molecule has 1 saturated heterocycles. The fourth-order valence-corrected chi connectivity index (χ4v) is 2.76. The molecular weight excluding hydrogens is 291 g/mol. The predicted molar refractivity (Wildman–Crippen MR) is 72.4 cm³/mol. The van der Waals surface area contributed by atoms with E-state index in [4.69, 9.17) is 11.6 Å². The first-order valence-corrected chi connectivity index (χ1v) is 6.79. The number of Topliss-reactive ketones (excluding diaryl/α,β-unsaturated/α-hetero) is 1. The molecule has 0 unspecified atom stereocenters. The molecule has 1 aromatic rings. The molecule has 2 nitrogen and oxygen atoms in total. The first kappa shape index (κ1) is 15.2. The van der Waals surface area contributed by atoms with E-state index in [1.165, 1.54) is 6.92 Å². The lowest BCUT2D eigenvalue weighted by atomic mass is 9.96. The standard InChI is InChI=1S/C14H15ClF3NO/c1-9(20)12-3-2-11(8-13(12)15)19-6-4-10(5-7-19)14(16,17)18/h2-3,8,10H,4-7H2,1H3. The Morgan fingerprint density at radius 2 is 1.90 bits per heavy atom. The van der Waals surface area contributed by atoms with Crippen LogP contribution in [0.5, 0.6) is 0 Å². The number of ketones is 1. The number of nitrogens with zero attached hydrogens (tertiary/aromatic N) is 1. The monoisotopic (exact) mass is 305 g/mol. The van der Waals surface area contributed by atoms with Crippen molar-refractivity contribution in [3.63, 3.8) is 0 Å². The van der Waals surface area contributed by atoms with Gasteiger partial charge in [0.25, 0.3) is 0 Å². The maximum atomic E-state index is 12.6. The van der Waals surface area contributed by atoms with Gasteiger partial charge < -0.3 is 4.90 Å². The molecule has 0 radical (unpaired) electrons. The summed E-state index contributed by atoms with van der Waals surface area (Å²) >= 11 is 6.02. The van der Waals surface area contributed by atoms with E-state index in [9.17, 15) is 18.0 Å². The van der Waals surface area contributed by atoms with Crippen LogP contribution in [0.4, 0.5) is 18.9 Å². The maximum absolute atomic E-state index is 12.6. The molecule has 0 bridgehead atoms. The minimum Gasteiger partial charge on any atom is -0.371 e. The highest BCUT2D eigenvalue weighted by Gasteiger charge is 2.41. The minimum atomic E-state index is -4.11. The number of carbonyl (C=O) groups is 1. The van der Waals surface area contributed by atoms with Gasteiger partial charge in [0.2, 0.25) is 0 Å². The summed E-state index contributed by atoms with van der Waals surface area (Å²) in [6.45, 7) is 2.12. The average molecular weight is 306 g/mol. The summed E-state index contributed by atoms with van der Waals surface area (Å²) in [5, 5.41) is 0.341. The number of hydrogen-bond donors (Lipinski definition) is 0. The lowest BCUT2D eigenvalue weighted by molar-refractivity contribution is -0.179. The van der Waals surface area contributed by atoms with Gasteiger partial charge in [-0.05, 0) is 38.0 Å². The van der Waals surface area contributed by atoms with Gasteiger partial charge in [-0.25, -0.2) is 0 Å². The van der Waals surface area contributed by atoms with E-state index in [1.54, 1.807) is 18.2 Å². The quantitative estimate of drug-likeness (QED) is 0.758. The number of anilines is 1. The Balaban J connectivity index is 2.08. The zero-order chi connectivity index (χ0) is 14.9. The van der Waals surface area contributed by atoms with Crippen LogP contribution in [0, 0.1) is 5.92 Å². The molecule has 2 rings (SSSR count). The molecule has 0 spiro atoms. The van der Waals surface area contributed by atoms with Crippen molar-refractivity contribution in [3.05, 3.63) is 28.8 Å². The minimum absolute atomic E-state index is 0.0928. The molecule has 1 aliphatic heterocycles. The van der Waals surface area contributed by atoms with Gasteiger partial charge in [-0.3, -0.25) is 4.79 Å². The molecule has 0 aliphatic carbocycles. The molecule has 20 heavy (non-hydrogen) atoms. The Morgan fingerprint density at radius 3 is 2.35 bits per heavy atom. The van der Waals surface area contributed by atoms with Crippen molar-refractivity contribution in [2.24, 2.45) is 5.92 Å². The van der Waals surface area contributed by atoms with Gasteiger partial charge in [0.1, 0.15) is 0 Å².